The molecule has 0 atom stereocenters. The summed E-state index contributed by atoms with van der Waals surface area (Å²) in [5.41, 5.74) is 1.26. The highest BCUT2D eigenvalue weighted by Crippen LogP contribution is 2.28. The highest BCUT2D eigenvalue weighted by Gasteiger charge is 2.09. The lowest BCUT2D eigenvalue weighted by atomic mass is 10.0. The van der Waals surface area contributed by atoms with Gasteiger partial charge in [-0.25, -0.2) is 0 Å². The van der Waals surface area contributed by atoms with E-state index in [1.165, 1.54) is 16.3 Å². The van der Waals surface area contributed by atoms with Gasteiger partial charge in [0.15, 0.2) is 0 Å². The van der Waals surface area contributed by atoms with Crippen molar-refractivity contribution in [3.63, 3.8) is 0 Å². The van der Waals surface area contributed by atoms with Crippen molar-refractivity contribution in [1.29, 1.82) is 0 Å². The van der Waals surface area contributed by atoms with Crippen molar-refractivity contribution >= 4 is 10.8 Å². The van der Waals surface area contributed by atoms with E-state index in [2.05, 4.69) is 62.5 Å². The Morgan fingerprint density at radius 3 is 2.63 bits per heavy atom. The van der Waals surface area contributed by atoms with Gasteiger partial charge < -0.3 is 10.1 Å². The van der Waals surface area contributed by atoms with Crippen LogP contribution in [0.25, 0.3) is 10.8 Å². The molecule has 102 valence electrons. The van der Waals surface area contributed by atoms with Crippen LogP contribution in [0.2, 0.25) is 0 Å². The summed E-state index contributed by atoms with van der Waals surface area (Å²) in [6, 6.07) is 12.7. The summed E-state index contributed by atoms with van der Waals surface area (Å²) in [4.78, 5) is 0. The van der Waals surface area contributed by atoms with E-state index in [1.54, 1.807) is 0 Å². The first kappa shape index (κ1) is 13.9. The zero-order valence-electron chi connectivity index (χ0n) is 12.1. The lowest BCUT2D eigenvalue weighted by Gasteiger charge is -2.16. The van der Waals surface area contributed by atoms with E-state index in [1.807, 2.05) is 0 Å². The normalized spacial score (nSPS) is 11.2. The van der Waals surface area contributed by atoms with Gasteiger partial charge in [0.05, 0.1) is 6.61 Å². The van der Waals surface area contributed by atoms with Crippen LogP contribution in [0.1, 0.15) is 26.3 Å². The molecule has 0 fully saturated rings. The molecule has 0 aliphatic carbocycles. The molecule has 0 aromatic heterocycles. The molecule has 2 nitrogen and oxygen atoms in total. The fraction of sp³-hybridized carbons (Fsp3) is 0.412. The van der Waals surface area contributed by atoms with Crippen molar-refractivity contribution < 1.29 is 4.74 Å². The Hall–Kier alpha value is -1.54. The molecule has 0 aliphatic heterocycles. The lowest BCUT2D eigenvalue weighted by molar-refractivity contribution is 0.268. The zero-order chi connectivity index (χ0) is 13.7. The molecule has 2 heteroatoms. The van der Waals surface area contributed by atoms with Gasteiger partial charge in [0.2, 0.25) is 0 Å². The molecule has 0 amide bonds. The summed E-state index contributed by atoms with van der Waals surface area (Å²) in [7, 11) is 0. The molecule has 0 unspecified atom stereocenters. The predicted molar refractivity (Wildman–Crippen MR) is 81.7 cm³/mol. The maximum Gasteiger partial charge on any atom is 0.124 e. The topological polar surface area (TPSA) is 21.3 Å². The molecule has 0 heterocycles. The number of ether oxygens (including phenoxy) is 1. The Kier molecular flexibility index (Phi) is 4.80. The second kappa shape index (κ2) is 6.58. The van der Waals surface area contributed by atoms with Crippen LogP contribution in [0.15, 0.2) is 36.4 Å². The Morgan fingerprint density at radius 1 is 1.11 bits per heavy atom. The van der Waals surface area contributed by atoms with E-state index >= 15 is 0 Å². The van der Waals surface area contributed by atoms with Crippen LogP contribution < -0.4 is 10.1 Å². The summed E-state index contributed by atoms with van der Waals surface area (Å²) in [6.07, 6.45) is 0. The average molecular weight is 257 g/mol. The van der Waals surface area contributed by atoms with Crippen molar-refractivity contribution in [3.05, 3.63) is 42.0 Å². The Bertz CT molecular complexity index is 534. The fourth-order valence-corrected chi connectivity index (χ4v) is 2.14. The molecule has 0 aliphatic rings. The third-order valence-corrected chi connectivity index (χ3v) is 3.12. The summed E-state index contributed by atoms with van der Waals surface area (Å²) in [6.45, 7) is 9.05. The number of hydrogen-bond donors (Lipinski definition) is 1. The van der Waals surface area contributed by atoms with Crippen molar-refractivity contribution in [2.45, 2.75) is 27.3 Å². The maximum atomic E-state index is 5.96. The third-order valence-electron chi connectivity index (χ3n) is 3.12. The SMILES string of the molecule is CCNCc1c(OCC(C)C)ccc2ccccc12. The zero-order valence-corrected chi connectivity index (χ0v) is 12.1. The van der Waals surface area contributed by atoms with Gasteiger partial charge in [0.25, 0.3) is 0 Å². The molecule has 0 saturated carbocycles. The summed E-state index contributed by atoms with van der Waals surface area (Å²) < 4.78 is 5.96. The van der Waals surface area contributed by atoms with E-state index < -0.39 is 0 Å². The van der Waals surface area contributed by atoms with Crippen LogP contribution >= 0.6 is 0 Å². The van der Waals surface area contributed by atoms with E-state index in [0.717, 1.165) is 25.4 Å². The first-order chi connectivity index (χ1) is 9.22. The lowest BCUT2D eigenvalue weighted by Crippen LogP contribution is -2.14. The number of fused-ring (bicyclic) bond motifs is 1. The van der Waals surface area contributed by atoms with Gasteiger partial charge in [-0.3, -0.25) is 0 Å². The number of nitrogens with one attached hydrogen (secondary N) is 1. The fourth-order valence-electron chi connectivity index (χ4n) is 2.14. The first-order valence-corrected chi connectivity index (χ1v) is 7.06. The molecule has 19 heavy (non-hydrogen) atoms. The standard InChI is InChI=1S/C17H23NO/c1-4-18-11-16-15-8-6-5-7-14(15)9-10-17(16)19-12-13(2)3/h5-10,13,18H,4,11-12H2,1-3H3. The average Bonchev–Trinajstić information content (AvgIpc) is 2.43. The Morgan fingerprint density at radius 2 is 1.89 bits per heavy atom. The minimum absolute atomic E-state index is 0.540. The first-order valence-electron chi connectivity index (χ1n) is 7.06. The van der Waals surface area contributed by atoms with E-state index in [0.29, 0.717) is 5.92 Å². The monoisotopic (exact) mass is 257 g/mol. The molecule has 0 radical (unpaired) electrons. The van der Waals surface area contributed by atoms with Gasteiger partial charge in [0, 0.05) is 12.1 Å². The molecular formula is C17H23NO. The molecule has 1 N–H and O–H groups in total. The van der Waals surface area contributed by atoms with E-state index in [4.69, 9.17) is 4.74 Å². The number of hydrogen-bond acceptors (Lipinski definition) is 2. The van der Waals surface area contributed by atoms with E-state index in [9.17, 15) is 0 Å². The van der Waals surface area contributed by atoms with Gasteiger partial charge in [-0.05, 0) is 29.3 Å². The smallest absolute Gasteiger partial charge is 0.124 e. The molecule has 2 rings (SSSR count). The second-order valence-electron chi connectivity index (χ2n) is 5.25. The third kappa shape index (κ3) is 3.48. The Labute approximate surface area is 115 Å². The maximum absolute atomic E-state index is 5.96. The molecule has 0 bridgehead atoms. The highest BCUT2D eigenvalue weighted by molar-refractivity contribution is 5.87. The number of benzene rings is 2. The van der Waals surface area contributed by atoms with Gasteiger partial charge in [-0.2, -0.15) is 0 Å². The molecule has 2 aromatic rings. The van der Waals surface area contributed by atoms with Gasteiger partial charge in [0.1, 0.15) is 5.75 Å². The second-order valence-corrected chi connectivity index (χ2v) is 5.25. The molecule has 2 aromatic carbocycles. The van der Waals surface area contributed by atoms with Crippen molar-refractivity contribution in [3.8, 4) is 5.75 Å². The molecule has 0 spiro atoms. The summed E-state index contributed by atoms with van der Waals surface area (Å²) in [5, 5.41) is 5.96. The summed E-state index contributed by atoms with van der Waals surface area (Å²) in [5.74, 6) is 1.55. The predicted octanol–water partition coefficient (Wildman–Crippen LogP) is 3.98. The van der Waals surface area contributed by atoms with E-state index in [-0.39, 0.29) is 0 Å². The summed E-state index contributed by atoms with van der Waals surface area (Å²) >= 11 is 0. The van der Waals surface area contributed by atoms with Crippen LogP contribution in [-0.4, -0.2) is 13.2 Å². The van der Waals surface area contributed by atoms with Crippen molar-refractivity contribution in [1.82, 2.24) is 5.32 Å². The minimum Gasteiger partial charge on any atom is -0.493 e. The minimum atomic E-state index is 0.540. The van der Waals surface area contributed by atoms with Gasteiger partial charge in [-0.1, -0.05) is 51.1 Å². The van der Waals surface area contributed by atoms with Crippen LogP contribution in [0.5, 0.6) is 5.75 Å². The molecular weight excluding hydrogens is 234 g/mol. The molecule has 0 saturated heterocycles. The van der Waals surface area contributed by atoms with Gasteiger partial charge >= 0.3 is 0 Å². The van der Waals surface area contributed by atoms with Crippen molar-refractivity contribution in [2.24, 2.45) is 5.92 Å². The van der Waals surface area contributed by atoms with Crippen LogP contribution in [-0.2, 0) is 6.54 Å². The van der Waals surface area contributed by atoms with Crippen LogP contribution in [0, 0.1) is 5.92 Å². The quantitative estimate of drug-likeness (QED) is 0.845. The largest absolute Gasteiger partial charge is 0.493 e. The Balaban J connectivity index is 2.37. The van der Waals surface area contributed by atoms with Crippen LogP contribution in [0.4, 0.5) is 0 Å². The highest BCUT2D eigenvalue weighted by atomic mass is 16.5. The van der Waals surface area contributed by atoms with Crippen LogP contribution in [0.3, 0.4) is 0 Å². The number of rotatable bonds is 6. The van der Waals surface area contributed by atoms with Crippen molar-refractivity contribution in [2.75, 3.05) is 13.2 Å². The van der Waals surface area contributed by atoms with Gasteiger partial charge in [-0.15, -0.1) is 0 Å².